The van der Waals surface area contributed by atoms with Crippen LogP contribution in [0.2, 0.25) is 0 Å². The van der Waals surface area contributed by atoms with Crippen molar-refractivity contribution in [1.29, 1.82) is 0 Å². The van der Waals surface area contributed by atoms with Crippen molar-refractivity contribution in [2.45, 2.75) is 58.0 Å². The number of nitrogens with one attached hydrogen (secondary N) is 1. The number of carbonyl (C=O) groups excluding carboxylic acids is 1. The molecule has 2 aromatic heterocycles. The van der Waals surface area contributed by atoms with Gasteiger partial charge in [-0.3, -0.25) is 4.79 Å². The van der Waals surface area contributed by atoms with Crippen molar-refractivity contribution in [3.8, 4) is 0 Å². The second kappa shape index (κ2) is 6.73. The van der Waals surface area contributed by atoms with Crippen LogP contribution in [-0.4, -0.2) is 17.6 Å². The molecule has 1 saturated carbocycles. The van der Waals surface area contributed by atoms with Gasteiger partial charge in [-0.2, -0.15) is 0 Å². The molecular weight excluding hydrogens is 322 g/mol. The standard InChI is InChI=1S/C19H25NO3S/c1-12-10-15(14(3)23-12)18(22)20-11-19(8-4-5-9-19)17-7-6-16(24-17)13(2)21/h6-7,10,13,21H,4-5,8-9,11H2,1-3H3,(H,20,22)/t13-/m0/s1. The van der Waals surface area contributed by atoms with E-state index in [9.17, 15) is 9.90 Å². The summed E-state index contributed by atoms with van der Waals surface area (Å²) in [6.07, 6.45) is 4.09. The predicted molar refractivity (Wildman–Crippen MR) is 95.6 cm³/mol. The molecule has 4 nitrogen and oxygen atoms in total. The van der Waals surface area contributed by atoms with E-state index >= 15 is 0 Å². The molecule has 0 aromatic carbocycles. The van der Waals surface area contributed by atoms with E-state index in [1.807, 2.05) is 19.9 Å². The normalized spacial score (nSPS) is 17.8. The molecule has 0 unspecified atom stereocenters. The maximum atomic E-state index is 12.5. The Labute approximate surface area is 146 Å². The summed E-state index contributed by atoms with van der Waals surface area (Å²) in [7, 11) is 0. The molecule has 0 bridgehead atoms. The van der Waals surface area contributed by atoms with Gasteiger partial charge in [-0.25, -0.2) is 0 Å². The Balaban J connectivity index is 1.76. The highest BCUT2D eigenvalue weighted by Crippen LogP contribution is 2.44. The van der Waals surface area contributed by atoms with Gasteiger partial charge in [-0.05, 0) is 51.8 Å². The quantitative estimate of drug-likeness (QED) is 0.850. The number of furan rings is 1. The molecule has 1 aliphatic rings. The average molecular weight is 347 g/mol. The van der Waals surface area contributed by atoms with Gasteiger partial charge >= 0.3 is 0 Å². The summed E-state index contributed by atoms with van der Waals surface area (Å²) in [6.45, 7) is 6.10. The molecule has 2 aromatic rings. The van der Waals surface area contributed by atoms with Crippen LogP contribution < -0.4 is 5.32 Å². The van der Waals surface area contributed by atoms with Gasteiger partial charge < -0.3 is 14.8 Å². The van der Waals surface area contributed by atoms with Crippen LogP contribution in [0.25, 0.3) is 0 Å². The van der Waals surface area contributed by atoms with Gasteiger partial charge in [0.05, 0.1) is 11.7 Å². The summed E-state index contributed by atoms with van der Waals surface area (Å²) in [4.78, 5) is 14.8. The highest BCUT2D eigenvalue weighted by atomic mass is 32.1. The predicted octanol–water partition coefficient (Wildman–Crippen LogP) is 4.25. The van der Waals surface area contributed by atoms with E-state index < -0.39 is 6.10 Å². The molecule has 130 valence electrons. The lowest BCUT2D eigenvalue weighted by Gasteiger charge is -2.28. The second-order valence-corrected chi connectivity index (χ2v) is 7.99. The molecule has 0 aliphatic heterocycles. The monoisotopic (exact) mass is 347 g/mol. The molecule has 24 heavy (non-hydrogen) atoms. The van der Waals surface area contributed by atoms with Gasteiger partial charge in [0, 0.05) is 21.7 Å². The molecule has 2 N–H and O–H groups in total. The van der Waals surface area contributed by atoms with Crippen LogP contribution in [0, 0.1) is 13.8 Å². The number of aryl methyl sites for hydroxylation is 2. The van der Waals surface area contributed by atoms with Crippen LogP contribution in [-0.2, 0) is 5.41 Å². The van der Waals surface area contributed by atoms with E-state index in [1.165, 1.54) is 17.7 Å². The minimum absolute atomic E-state index is 0.000151. The number of rotatable bonds is 5. The molecule has 5 heteroatoms. The fourth-order valence-corrected chi connectivity index (χ4v) is 4.81. The van der Waals surface area contributed by atoms with Crippen LogP contribution in [0.1, 0.15) is 70.3 Å². The third-order valence-electron chi connectivity index (χ3n) is 4.99. The molecule has 3 rings (SSSR count). The Morgan fingerprint density at radius 2 is 2.08 bits per heavy atom. The Morgan fingerprint density at radius 1 is 1.38 bits per heavy atom. The zero-order valence-electron chi connectivity index (χ0n) is 14.5. The van der Waals surface area contributed by atoms with Gasteiger partial charge in [0.25, 0.3) is 5.91 Å². The second-order valence-electron chi connectivity index (χ2n) is 6.88. The molecule has 0 radical (unpaired) electrons. The van der Waals surface area contributed by atoms with Crippen molar-refractivity contribution < 1.29 is 14.3 Å². The molecule has 1 atom stereocenters. The van der Waals surface area contributed by atoms with Crippen molar-refractivity contribution in [3.63, 3.8) is 0 Å². The fourth-order valence-electron chi connectivity index (χ4n) is 3.63. The topological polar surface area (TPSA) is 62.5 Å². The Hall–Kier alpha value is -1.59. The number of hydrogen-bond donors (Lipinski definition) is 2. The lowest BCUT2D eigenvalue weighted by atomic mass is 9.84. The molecule has 2 heterocycles. The summed E-state index contributed by atoms with van der Waals surface area (Å²) < 4.78 is 5.46. The molecule has 1 aliphatic carbocycles. The molecule has 0 spiro atoms. The Bertz CT molecular complexity index is 723. The third-order valence-corrected chi connectivity index (χ3v) is 6.50. The van der Waals surface area contributed by atoms with E-state index in [4.69, 9.17) is 4.42 Å². The van der Waals surface area contributed by atoms with E-state index in [0.29, 0.717) is 17.9 Å². The van der Waals surface area contributed by atoms with E-state index in [2.05, 4.69) is 11.4 Å². The minimum atomic E-state index is -0.437. The summed E-state index contributed by atoms with van der Waals surface area (Å²) in [6, 6.07) is 5.93. The lowest BCUT2D eigenvalue weighted by Crippen LogP contribution is -2.38. The van der Waals surface area contributed by atoms with Crippen LogP contribution in [0.5, 0.6) is 0 Å². The number of hydrogen-bond acceptors (Lipinski definition) is 4. The number of amides is 1. The fraction of sp³-hybridized carbons (Fsp3) is 0.526. The maximum absolute atomic E-state index is 12.5. The first-order valence-corrected chi connectivity index (χ1v) is 9.36. The van der Waals surface area contributed by atoms with Gasteiger partial charge in [0.2, 0.25) is 0 Å². The SMILES string of the molecule is Cc1cc(C(=O)NCC2(c3ccc([C@H](C)O)s3)CCCC2)c(C)o1. The van der Waals surface area contributed by atoms with Crippen molar-refractivity contribution in [2.24, 2.45) is 0 Å². The zero-order valence-corrected chi connectivity index (χ0v) is 15.3. The van der Waals surface area contributed by atoms with Crippen LogP contribution >= 0.6 is 11.3 Å². The summed E-state index contributed by atoms with van der Waals surface area (Å²) >= 11 is 1.67. The van der Waals surface area contributed by atoms with Gasteiger partial charge in [0.1, 0.15) is 11.5 Å². The first kappa shape index (κ1) is 17.2. The van der Waals surface area contributed by atoms with Crippen molar-refractivity contribution in [3.05, 3.63) is 45.0 Å². The first-order valence-electron chi connectivity index (χ1n) is 8.55. The lowest BCUT2D eigenvalue weighted by molar-refractivity contribution is 0.0942. The number of aliphatic hydroxyl groups is 1. The van der Waals surface area contributed by atoms with Crippen molar-refractivity contribution >= 4 is 17.2 Å². The third kappa shape index (κ3) is 3.28. The van der Waals surface area contributed by atoms with Crippen molar-refractivity contribution in [2.75, 3.05) is 6.54 Å². The number of carbonyl (C=O) groups is 1. The van der Waals surface area contributed by atoms with Crippen LogP contribution in [0.4, 0.5) is 0 Å². The smallest absolute Gasteiger partial charge is 0.254 e. The summed E-state index contributed by atoms with van der Waals surface area (Å²) in [5.74, 6) is 1.36. The highest BCUT2D eigenvalue weighted by Gasteiger charge is 2.37. The molecular formula is C19H25NO3S. The highest BCUT2D eigenvalue weighted by molar-refractivity contribution is 7.12. The van der Waals surface area contributed by atoms with Gasteiger partial charge in [-0.15, -0.1) is 11.3 Å². The first-order chi connectivity index (χ1) is 11.4. The maximum Gasteiger partial charge on any atom is 0.254 e. The van der Waals surface area contributed by atoms with Gasteiger partial charge in [0.15, 0.2) is 0 Å². The average Bonchev–Trinajstić information content (AvgIpc) is 3.24. The van der Waals surface area contributed by atoms with Crippen LogP contribution in [0.3, 0.4) is 0 Å². The van der Waals surface area contributed by atoms with Gasteiger partial charge in [-0.1, -0.05) is 12.8 Å². The Kier molecular flexibility index (Phi) is 4.83. The molecule has 1 fully saturated rings. The summed E-state index contributed by atoms with van der Waals surface area (Å²) in [5.41, 5.74) is 0.622. The Morgan fingerprint density at radius 3 is 2.62 bits per heavy atom. The van der Waals surface area contributed by atoms with E-state index in [0.717, 1.165) is 23.5 Å². The molecule has 0 saturated heterocycles. The number of thiophene rings is 1. The molecule has 1 amide bonds. The number of aliphatic hydroxyl groups excluding tert-OH is 1. The summed E-state index contributed by atoms with van der Waals surface area (Å²) in [5, 5.41) is 12.9. The van der Waals surface area contributed by atoms with E-state index in [-0.39, 0.29) is 11.3 Å². The van der Waals surface area contributed by atoms with E-state index in [1.54, 1.807) is 24.3 Å². The van der Waals surface area contributed by atoms with Crippen LogP contribution in [0.15, 0.2) is 22.6 Å². The minimum Gasteiger partial charge on any atom is -0.466 e. The largest absolute Gasteiger partial charge is 0.466 e. The zero-order chi connectivity index (χ0) is 17.3. The van der Waals surface area contributed by atoms with Crippen molar-refractivity contribution in [1.82, 2.24) is 5.32 Å².